The number of likely N-dealkylation sites (N-methyl/N-ethyl adjacent to an activating group) is 1. The molecule has 240 valence electrons. The van der Waals surface area contributed by atoms with E-state index in [-0.39, 0.29) is 36.1 Å². The van der Waals surface area contributed by atoms with Crippen LogP contribution in [0.5, 0.6) is 11.5 Å². The molecule has 1 saturated heterocycles. The Bertz CT molecular complexity index is 1410. The van der Waals surface area contributed by atoms with Crippen molar-refractivity contribution in [1.29, 1.82) is 0 Å². The number of Topliss-reactive ketones (excluding diaryl/α,β-unsaturated/α-hetero) is 1. The van der Waals surface area contributed by atoms with Gasteiger partial charge in [0, 0.05) is 24.4 Å². The largest absolute Gasteiger partial charge is 0.504 e. The highest BCUT2D eigenvalue weighted by atomic mass is 16.6. The molecule has 4 N–H and O–H groups in total. The number of likely N-dealkylation sites (tertiary alicyclic amines) is 1. The van der Waals surface area contributed by atoms with Crippen molar-refractivity contribution in [2.45, 2.75) is 95.6 Å². The van der Waals surface area contributed by atoms with Crippen molar-refractivity contribution in [3.05, 3.63) is 35.1 Å². The van der Waals surface area contributed by atoms with Crippen molar-refractivity contribution in [3.8, 4) is 11.5 Å². The summed E-state index contributed by atoms with van der Waals surface area (Å²) in [5, 5.41) is 34.2. The second-order valence-corrected chi connectivity index (χ2v) is 12.1. The number of aryl methyl sites for hydroxylation is 1. The van der Waals surface area contributed by atoms with Crippen LogP contribution in [0.25, 0.3) is 0 Å². The molecule has 0 aromatic heterocycles. The fraction of sp³-hybridized carbons (Fsp3) is 0.581. The number of carboxylic acid groups (broad SMARTS) is 1. The average molecular weight is 617 g/mol. The third-order valence-corrected chi connectivity index (χ3v) is 9.23. The molecule has 1 amide bonds. The Labute approximate surface area is 255 Å². The maximum absolute atomic E-state index is 13.3. The van der Waals surface area contributed by atoms with Crippen LogP contribution in [0.15, 0.2) is 24.0 Å². The van der Waals surface area contributed by atoms with Crippen molar-refractivity contribution < 1.29 is 53.5 Å². The second kappa shape index (κ2) is 12.2. The van der Waals surface area contributed by atoms with Crippen molar-refractivity contribution in [3.63, 3.8) is 0 Å². The SMILES string of the molecule is CC(=O)C[C@@H](CC(=O)OC1=CC[C@@]2(O)[C@@H](C)N(C)CC[C@@]23c2c(C)ccc(O)c2O[C@@H]13)C(=O)O[C@@H](C)C(=O)N[C@@H](C)C(=O)O. The molecule has 4 rings (SSSR count). The van der Waals surface area contributed by atoms with E-state index < -0.39 is 71.2 Å². The quantitative estimate of drug-likeness (QED) is 0.278. The molecule has 1 fully saturated rings. The number of benzene rings is 1. The number of aliphatic carboxylic acids is 1. The lowest BCUT2D eigenvalue weighted by atomic mass is 9.54. The van der Waals surface area contributed by atoms with Gasteiger partial charge in [0.15, 0.2) is 23.7 Å². The number of nitrogens with zero attached hydrogens (tertiary/aromatic N) is 1. The van der Waals surface area contributed by atoms with Crippen LogP contribution in [0, 0.1) is 12.8 Å². The van der Waals surface area contributed by atoms with Gasteiger partial charge in [-0.1, -0.05) is 6.07 Å². The van der Waals surface area contributed by atoms with Gasteiger partial charge in [-0.25, -0.2) is 0 Å². The van der Waals surface area contributed by atoms with E-state index in [0.717, 1.165) is 5.56 Å². The molecule has 13 heteroatoms. The molecule has 44 heavy (non-hydrogen) atoms. The summed E-state index contributed by atoms with van der Waals surface area (Å²) in [7, 11) is 1.92. The number of hydrogen-bond acceptors (Lipinski definition) is 11. The fourth-order valence-corrected chi connectivity index (χ4v) is 6.68. The van der Waals surface area contributed by atoms with Crippen molar-refractivity contribution >= 4 is 29.6 Å². The van der Waals surface area contributed by atoms with Crippen molar-refractivity contribution in [2.24, 2.45) is 5.92 Å². The summed E-state index contributed by atoms with van der Waals surface area (Å²) >= 11 is 0. The number of carbonyl (C=O) groups excluding carboxylic acids is 4. The number of ketones is 1. The first-order chi connectivity index (χ1) is 20.5. The highest BCUT2D eigenvalue weighted by Crippen LogP contribution is 2.62. The molecule has 1 aromatic rings. The van der Waals surface area contributed by atoms with E-state index in [1.54, 1.807) is 12.1 Å². The molecular formula is C31H40N2O11. The number of nitrogens with one attached hydrogen (secondary N) is 1. The molecule has 0 saturated carbocycles. The van der Waals surface area contributed by atoms with Crippen LogP contribution in [0.2, 0.25) is 0 Å². The molecule has 7 atom stereocenters. The topological polar surface area (TPSA) is 189 Å². The van der Waals surface area contributed by atoms with E-state index in [1.165, 1.54) is 26.8 Å². The molecule has 0 radical (unpaired) electrons. The van der Waals surface area contributed by atoms with Crippen molar-refractivity contribution in [2.75, 3.05) is 13.6 Å². The summed E-state index contributed by atoms with van der Waals surface area (Å²) < 4.78 is 17.3. The van der Waals surface area contributed by atoms with E-state index in [0.29, 0.717) is 18.5 Å². The minimum absolute atomic E-state index is 0.103. The predicted octanol–water partition coefficient (Wildman–Crippen LogP) is 1.49. The summed E-state index contributed by atoms with van der Waals surface area (Å²) in [5.41, 5.74) is -0.910. The zero-order valence-electron chi connectivity index (χ0n) is 25.7. The van der Waals surface area contributed by atoms with Gasteiger partial charge in [0.25, 0.3) is 5.91 Å². The van der Waals surface area contributed by atoms with Gasteiger partial charge in [0.2, 0.25) is 0 Å². The molecule has 1 aromatic carbocycles. The molecule has 2 aliphatic heterocycles. The molecule has 1 spiro atoms. The van der Waals surface area contributed by atoms with E-state index in [9.17, 15) is 34.2 Å². The second-order valence-electron chi connectivity index (χ2n) is 12.1. The maximum Gasteiger partial charge on any atom is 0.325 e. The molecule has 0 unspecified atom stereocenters. The fourth-order valence-electron chi connectivity index (χ4n) is 6.68. The van der Waals surface area contributed by atoms with E-state index in [1.807, 2.05) is 25.8 Å². The van der Waals surface area contributed by atoms with Crippen LogP contribution < -0.4 is 10.1 Å². The maximum atomic E-state index is 13.3. The van der Waals surface area contributed by atoms with Crippen molar-refractivity contribution in [1.82, 2.24) is 10.2 Å². The molecule has 3 aliphatic rings. The normalized spacial score (nSPS) is 27.7. The van der Waals surface area contributed by atoms with Gasteiger partial charge in [-0.2, -0.15) is 0 Å². The van der Waals surface area contributed by atoms with Crippen LogP contribution in [-0.2, 0) is 38.9 Å². The smallest absolute Gasteiger partial charge is 0.325 e. The Hall–Kier alpha value is -3.97. The number of carbonyl (C=O) groups is 5. The first kappa shape index (κ1) is 32.9. The third-order valence-electron chi connectivity index (χ3n) is 9.23. The van der Waals surface area contributed by atoms with E-state index in [2.05, 4.69) is 5.32 Å². The summed E-state index contributed by atoms with van der Waals surface area (Å²) in [6.45, 7) is 8.12. The minimum atomic E-state index is -1.39. The van der Waals surface area contributed by atoms with E-state index >= 15 is 0 Å². The zero-order chi connectivity index (χ0) is 32.7. The first-order valence-corrected chi connectivity index (χ1v) is 14.6. The highest BCUT2D eigenvalue weighted by Gasteiger charge is 2.69. The number of piperidine rings is 1. The number of rotatable bonds is 10. The summed E-state index contributed by atoms with van der Waals surface area (Å²) in [5.74, 6) is -5.44. The van der Waals surface area contributed by atoms with Crippen LogP contribution >= 0.6 is 0 Å². The van der Waals surface area contributed by atoms with Crippen LogP contribution in [0.4, 0.5) is 0 Å². The van der Waals surface area contributed by atoms with Gasteiger partial charge in [-0.05, 0) is 72.3 Å². The van der Waals surface area contributed by atoms with Gasteiger partial charge in [0.1, 0.15) is 17.6 Å². The summed E-state index contributed by atoms with van der Waals surface area (Å²) in [6.07, 6.45) is -1.11. The number of aliphatic hydroxyl groups is 1. The van der Waals surface area contributed by atoms with Crippen LogP contribution in [0.3, 0.4) is 0 Å². The Morgan fingerprint density at radius 3 is 2.50 bits per heavy atom. The summed E-state index contributed by atoms with van der Waals surface area (Å²) in [4.78, 5) is 63.6. The minimum Gasteiger partial charge on any atom is -0.504 e. The van der Waals surface area contributed by atoms with Crippen LogP contribution in [-0.4, -0.2) is 93.3 Å². The standard InChI is InChI=1S/C31H40N2O11/c1-15-7-8-21(35)25-24(15)30-11-12-33(6)19(5)31(30,41)10-9-22(26(30)44-25)43-23(36)14-20(13-16(2)34)29(40)42-18(4)27(37)32-17(3)28(38)39/h7-9,17-20,26,35,41H,10-14H2,1-6H3,(H,32,37)(H,38,39)/t17-,18-,19+,20-,26-,30-,31+/m0/s1. The predicted molar refractivity (Wildman–Crippen MR) is 154 cm³/mol. The molecular weight excluding hydrogens is 576 g/mol. The number of carboxylic acids is 1. The number of hydrogen-bond donors (Lipinski definition) is 4. The number of aromatic hydroxyl groups is 1. The monoisotopic (exact) mass is 616 g/mol. The number of phenolic OH excluding ortho intramolecular Hbond substituents is 1. The molecule has 13 nitrogen and oxygen atoms in total. The van der Waals surface area contributed by atoms with Gasteiger partial charge in [0.05, 0.1) is 23.4 Å². The number of amides is 1. The first-order valence-electron chi connectivity index (χ1n) is 14.6. The van der Waals surface area contributed by atoms with Gasteiger partial charge in [-0.3, -0.25) is 19.2 Å². The zero-order valence-corrected chi connectivity index (χ0v) is 25.7. The molecule has 2 heterocycles. The number of fused-ring (bicyclic) bond motifs is 1. The molecule has 0 bridgehead atoms. The Morgan fingerprint density at radius 1 is 1.18 bits per heavy atom. The van der Waals surface area contributed by atoms with Gasteiger partial charge in [-0.15, -0.1) is 0 Å². The van der Waals surface area contributed by atoms with Crippen LogP contribution in [0.1, 0.15) is 64.5 Å². The Kier molecular flexibility index (Phi) is 9.13. The Balaban J connectivity index is 1.57. The highest BCUT2D eigenvalue weighted by molar-refractivity contribution is 5.90. The summed E-state index contributed by atoms with van der Waals surface area (Å²) in [6, 6.07) is 1.73. The molecule has 1 aliphatic carbocycles. The lowest BCUT2D eigenvalue weighted by Crippen LogP contribution is -2.71. The average Bonchev–Trinajstić information content (AvgIpc) is 3.31. The Morgan fingerprint density at radius 2 is 1.86 bits per heavy atom. The van der Waals surface area contributed by atoms with Gasteiger partial charge < -0.3 is 44.5 Å². The van der Waals surface area contributed by atoms with E-state index in [4.69, 9.17) is 19.3 Å². The third kappa shape index (κ3) is 5.65. The lowest BCUT2D eigenvalue weighted by Gasteiger charge is -2.58. The lowest BCUT2D eigenvalue weighted by molar-refractivity contribution is -0.166. The number of esters is 2. The number of phenols is 1. The number of ether oxygens (including phenoxy) is 3. The van der Waals surface area contributed by atoms with Gasteiger partial charge >= 0.3 is 17.9 Å².